The fraction of sp³-hybridized carbons (Fsp3) is 0.200. The van der Waals surface area contributed by atoms with E-state index in [1.165, 1.54) is 0 Å². The zero-order valence-corrected chi connectivity index (χ0v) is 14.4. The predicted molar refractivity (Wildman–Crippen MR) is 97.9 cm³/mol. The second kappa shape index (κ2) is 7.21. The Balaban J connectivity index is 1.61. The molecular weight excluding hydrogens is 314 g/mol. The summed E-state index contributed by atoms with van der Waals surface area (Å²) >= 11 is 0. The summed E-state index contributed by atoms with van der Waals surface area (Å²) in [6.07, 6.45) is 4.24. The maximum Gasteiger partial charge on any atom is 0.253 e. The number of carbonyl (C=O) groups excluding carboxylic acids is 1. The zero-order valence-electron chi connectivity index (χ0n) is 14.4. The molecule has 0 radical (unpaired) electrons. The van der Waals surface area contributed by atoms with Crippen LogP contribution in [0.2, 0.25) is 0 Å². The van der Waals surface area contributed by atoms with Crippen LogP contribution in [0.25, 0.3) is 5.69 Å². The van der Waals surface area contributed by atoms with E-state index in [-0.39, 0.29) is 24.4 Å². The van der Waals surface area contributed by atoms with E-state index in [4.69, 9.17) is 0 Å². The van der Waals surface area contributed by atoms with E-state index in [0.717, 1.165) is 22.5 Å². The van der Waals surface area contributed by atoms with Gasteiger partial charge < -0.3 is 14.9 Å². The molecule has 3 rings (SSSR count). The lowest BCUT2D eigenvalue weighted by atomic mass is 10.1. The van der Waals surface area contributed by atoms with Crippen molar-refractivity contribution >= 4 is 5.91 Å². The van der Waals surface area contributed by atoms with Crippen molar-refractivity contribution in [3.8, 4) is 5.69 Å². The van der Waals surface area contributed by atoms with Crippen molar-refractivity contribution < 1.29 is 4.79 Å². The third-order valence-corrected chi connectivity index (χ3v) is 4.16. The Morgan fingerprint density at radius 3 is 2.44 bits per heavy atom. The molecule has 0 unspecified atom stereocenters. The van der Waals surface area contributed by atoms with E-state index in [1.807, 2.05) is 73.3 Å². The highest BCUT2D eigenvalue weighted by Gasteiger charge is 2.08. The van der Waals surface area contributed by atoms with E-state index < -0.39 is 0 Å². The van der Waals surface area contributed by atoms with Crippen molar-refractivity contribution in [2.24, 2.45) is 0 Å². The Morgan fingerprint density at radius 1 is 1.12 bits per heavy atom. The molecular formula is C20H21N3O2. The summed E-state index contributed by atoms with van der Waals surface area (Å²) in [6, 6.07) is 13.7. The summed E-state index contributed by atoms with van der Waals surface area (Å²) in [5.41, 5.74) is 4.15. The van der Waals surface area contributed by atoms with Gasteiger partial charge in [0, 0.05) is 35.9 Å². The highest BCUT2D eigenvalue weighted by atomic mass is 16.1. The minimum Gasteiger partial charge on any atom is -0.352 e. The Hall–Kier alpha value is -3.08. The molecule has 0 aliphatic rings. The summed E-state index contributed by atoms with van der Waals surface area (Å²) in [6.45, 7) is 3.96. The number of benzene rings is 1. The van der Waals surface area contributed by atoms with Crippen LogP contribution in [0, 0.1) is 13.8 Å². The predicted octanol–water partition coefficient (Wildman–Crippen LogP) is 2.64. The van der Waals surface area contributed by atoms with Gasteiger partial charge in [-0.3, -0.25) is 9.59 Å². The number of nitrogens with one attached hydrogen (secondary N) is 2. The quantitative estimate of drug-likeness (QED) is 0.753. The number of H-pyrrole nitrogens is 1. The standard InChI is InChI=1S/C20H21N3O2/c1-14-11-15(2)22-20(25)18(14)13-21-19(24)12-16-5-7-17(8-6-16)23-9-3-4-10-23/h3-11H,12-13H2,1-2H3,(H,21,24)(H,22,25). The monoisotopic (exact) mass is 335 g/mol. The summed E-state index contributed by atoms with van der Waals surface area (Å²) in [5.74, 6) is -0.104. The summed E-state index contributed by atoms with van der Waals surface area (Å²) < 4.78 is 2.01. The normalized spacial score (nSPS) is 10.6. The van der Waals surface area contributed by atoms with Crippen LogP contribution in [0.4, 0.5) is 0 Å². The molecule has 25 heavy (non-hydrogen) atoms. The first-order valence-electron chi connectivity index (χ1n) is 8.21. The van der Waals surface area contributed by atoms with Gasteiger partial charge in [0.1, 0.15) is 0 Å². The number of aromatic amines is 1. The number of aryl methyl sites for hydroxylation is 2. The van der Waals surface area contributed by atoms with Crippen molar-refractivity contribution in [2.45, 2.75) is 26.8 Å². The average molecular weight is 335 g/mol. The van der Waals surface area contributed by atoms with Crippen LogP contribution in [0.15, 0.2) is 59.7 Å². The topological polar surface area (TPSA) is 66.9 Å². The van der Waals surface area contributed by atoms with Gasteiger partial charge in [-0.05, 0) is 55.3 Å². The van der Waals surface area contributed by atoms with Crippen molar-refractivity contribution in [3.63, 3.8) is 0 Å². The molecule has 0 spiro atoms. The van der Waals surface area contributed by atoms with Gasteiger partial charge in [-0.2, -0.15) is 0 Å². The number of nitrogens with zero attached hydrogens (tertiary/aromatic N) is 1. The third-order valence-electron chi connectivity index (χ3n) is 4.16. The van der Waals surface area contributed by atoms with Gasteiger partial charge in [0.2, 0.25) is 5.91 Å². The molecule has 0 saturated carbocycles. The highest BCUT2D eigenvalue weighted by molar-refractivity contribution is 5.78. The van der Waals surface area contributed by atoms with Gasteiger partial charge in [-0.1, -0.05) is 12.1 Å². The van der Waals surface area contributed by atoms with Gasteiger partial charge in [-0.25, -0.2) is 0 Å². The molecule has 5 heteroatoms. The Kier molecular flexibility index (Phi) is 4.84. The lowest BCUT2D eigenvalue weighted by molar-refractivity contribution is -0.120. The number of carbonyl (C=O) groups is 1. The Labute approximate surface area is 146 Å². The van der Waals surface area contributed by atoms with Gasteiger partial charge in [0.15, 0.2) is 0 Å². The molecule has 2 aromatic heterocycles. The smallest absolute Gasteiger partial charge is 0.253 e. The van der Waals surface area contributed by atoms with Crippen molar-refractivity contribution in [3.05, 3.63) is 87.6 Å². The molecule has 5 nitrogen and oxygen atoms in total. The second-order valence-corrected chi connectivity index (χ2v) is 6.15. The largest absolute Gasteiger partial charge is 0.352 e. The highest BCUT2D eigenvalue weighted by Crippen LogP contribution is 2.10. The average Bonchev–Trinajstić information content (AvgIpc) is 3.09. The first-order chi connectivity index (χ1) is 12.0. The van der Waals surface area contributed by atoms with Crippen LogP contribution in [0.1, 0.15) is 22.4 Å². The first kappa shape index (κ1) is 16.8. The zero-order chi connectivity index (χ0) is 17.8. The number of hydrogen-bond acceptors (Lipinski definition) is 2. The number of hydrogen-bond donors (Lipinski definition) is 2. The number of aromatic nitrogens is 2. The van der Waals surface area contributed by atoms with Gasteiger partial charge in [0.05, 0.1) is 6.42 Å². The van der Waals surface area contributed by atoms with E-state index in [9.17, 15) is 9.59 Å². The van der Waals surface area contributed by atoms with Gasteiger partial charge >= 0.3 is 0 Å². The third kappa shape index (κ3) is 4.07. The Bertz CT molecular complexity index is 923. The molecule has 3 aromatic rings. The molecule has 0 aliphatic carbocycles. The van der Waals surface area contributed by atoms with Crippen molar-refractivity contribution in [1.29, 1.82) is 0 Å². The minimum absolute atomic E-state index is 0.104. The molecule has 0 saturated heterocycles. The molecule has 2 N–H and O–H groups in total. The van der Waals surface area contributed by atoms with Crippen LogP contribution in [-0.4, -0.2) is 15.5 Å². The number of rotatable bonds is 5. The molecule has 0 atom stereocenters. The van der Waals surface area contributed by atoms with Gasteiger partial charge in [0.25, 0.3) is 5.56 Å². The maximum absolute atomic E-state index is 12.2. The minimum atomic E-state index is -0.145. The Morgan fingerprint density at radius 2 is 1.80 bits per heavy atom. The second-order valence-electron chi connectivity index (χ2n) is 6.15. The van der Waals surface area contributed by atoms with E-state index in [1.54, 1.807) is 0 Å². The van der Waals surface area contributed by atoms with Crippen molar-refractivity contribution in [2.75, 3.05) is 0 Å². The summed E-state index contributed by atoms with van der Waals surface area (Å²) in [5, 5.41) is 2.83. The molecule has 0 fully saturated rings. The SMILES string of the molecule is Cc1cc(C)c(CNC(=O)Cc2ccc(-n3cccc3)cc2)c(=O)[nH]1. The maximum atomic E-state index is 12.2. The van der Waals surface area contributed by atoms with Crippen LogP contribution in [0.3, 0.4) is 0 Å². The lowest BCUT2D eigenvalue weighted by Gasteiger charge is -2.09. The van der Waals surface area contributed by atoms with Crippen LogP contribution in [0.5, 0.6) is 0 Å². The molecule has 0 bridgehead atoms. The molecule has 0 aliphatic heterocycles. The molecule has 128 valence electrons. The van der Waals surface area contributed by atoms with Crippen LogP contribution >= 0.6 is 0 Å². The van der Waals surface area contributed by atoms with Crippen LogP contribution in [-0.2, 0) is 17.8 Å². The van der Waals surface area contributed by atoms with Crippen LogP contribution < -0.4 is 10.9 Å². The fourth-order valence-electron chi connectivity index (χ4n) is 2.83. The molecule has 1 amide bonds. The van der Waals surface area contributed by atoms with Crippen molar-refractivity contribution in [1.82, 2.24) is 14.9 Å². The number of amides is 1. The van der Waals surface area contributed by atoms with E-state index in [2.05, 4.69) is 10.3 Å². The summed E-state index contributed by atoms with van der Waals surface area (Å²) in [7, 11) is 0. The molecule has 2 heterocycles. The molecule has 1 aromatic carbocycles. The van der Waals surface area contributed by atoms with E-state index in [0.29, 0.717) is 5.56 Å². The fourth-order valence-corrected chi connectivity index (χ4v) is 2.83. The van der Waals surface area contributed by atoms with E-state index >= 15 is 0 Å². The number of pyridine rings is 1. The summed E-state index contributed by atoms with van der Waals surface area (Å²) in [4.78, 5) is 26.9. The lowest BCUT2D eigenvalue weighted by Crippen LogP contribution is -2.29. The van der Waals surface area contributed by atoms with Gasteiger partial charge in [-0.15, -0.1) is 0 Å². The first-order valence-corrected chi connectivity index (χ1v) is 8.21.